The summed E-state index contributed by atoms with van der Waals surface area (Å²) in [6, 6.07) is 0. The average molecular weight is 193 g/mol. The lowest BCUT2D eigenvalue weighted by molar-refractivity contribution is -0.118. The molecular formula is C12H19NO. The Morgan fingerprint density at radius 3 is 2.29 bits per heavy atom. The van der Waals surface area contributed by atoms with Gasteiger partial charge in [-0.3, -0.25) is 4.79 Å². The van der Waals surface area contributed by atoms with Crippen molar-refractivity contribution < 1.29 is 4.79 Å². The normalized spacial score (nSPS) is 57.7. The summed E-state index contributed by atoms with van der Waals surface area (Å²) in [6.07, 6.45) is 4.46. The quantitative estimate of drug-likeness (QED) is 0.731. The molecule has 2 N–H and O–H groups in total. The standard InChI is InChI=1S/C12H19NO/c1-11(4-3-10(13)14)7-5-8-9(6-7)12(8,11)2/h7-9H,3-6H2,1-2H3,(H2,13,14). The predicted octanol–water partition coefficient (Wildman–Crippen LogP) is 1.93. The number of carbonyl (C=O) groups excluding carboxylic acids is 1. The van der Waals surface area contributed by atoms with Crippen LogP contribution < -0.4 is 5.73 Å². The van der Waals surface area contributed by atoms with Crippen molar-refractivity contribution in [2.45, 2.75) is 39.5 Å². The van der Waals surface area contributed by atoms with Crippen molar-refractivity contribution in [3.8, 4) is 0 Å². The highest BCUT2D eigenvalue weighted by Crippen LogP contribution is 2.86. The minimum absolute atomic E-state index is 0.129. The zero-order valence-electron chi connectivity index (χ0n) is 9.05. The number of amides is 1. The molecule has 3 atom stereocenters. The molecule has 0 saturated heterocycles. The van der Waals surface area contributed by atoms with Crippen LogP contribution in [0.2, 0.25) is 0 Å². The highest BCUT2D eigenvalue weighted by atomic mass is 16.1. The highest BCUT2D eigenvalue weighted by Gasteiger charge is 2.80. The Hall–Kier alpha value is -0.530. The summed E-state index contributed by atoms with van der Waals surface area (Å²) in [5.41, 5.74) is 6.26. The molecule has 1 amide bonds. The molecular weight excluding hydrogens is 174 g/mol. The molecule has 3 unspecified atom stereocenters. The van der Waals surface area contributed by atoms with E-state index in [1.165, 1.54) is 12.8 Å². The summed E-state index contributed by atoms with van der Waals surface area (Å²) in [7, 11) is 0. The zero-order valence-corrected chi connectivity index (χ0v) is 9.05. The fraction of sp³-hybridized carbons (Fsp3) is 0.917. The topological polar surface area (TPSA) is 43.1 Å². The van der Waals surface area contributed by atoms with E-state index in [1.807, 2.05) is 0 Å². The molecule has 0 aromatic heterocycles. The Morgan fingerprint density at radius 1 is 1.36 bits per heavy atom. The van der Waals surface area contributed by atoms with E-state index in [-0.39, 0.29) is 5.91 Å². The van der Waals surface area contributed by atoms with Crippen LogP contribution in [0.1, 0.15) is 39.5 Å². The van der Waals surface area contributed by atoms with Gasteiger partial charge in [-0.15, -0.1) is 0 Å². The number of hydrogen-bond donors (Lipinski definition) is 1. The summed E-state index contributed by atoms with van der Waals surface area (Å²) in [5, 5.41) is 0. The van der Waals surface area contributed by atoms with Crippen LogP contribution in [0.3, 0.4) is 0 Å². The number of carbonyl (C=O) groups is 1. The van der Waals surface area contributed by atoms with E-state index in [0.717, 1.165) is 24.2 Å². The van der Waals surface area contributed by atoms with Crippen molar-refractivity contribution in [3.05, 3.63) is 0 Å². The summed E-state index contributed by atoms with van der Waals surface area (Å²) >= 11 is 0. The van der Waals surface area contributed by atoms with Crippen LogP contribution in [0.15, 0.2) is 0 Å². The number of primary amides is 1. The van der Waals surface area contributed by atoms with Gasteiger partial charge in [0, 0.05) is 6.42 Å². The summed E-state index contributed by atoms with van der Waals surface area (Å²) in [6.45, 7) is 4.84. The van der Waals surface area contributed by atoms with Gasteiger partial charge in [0.25, 0.3) is 0 Å². The highest BCUT2D eigenvalue weighted by molar-refractivity contribution is 5.73. The molecule has 4 aliphatic rings. The van der Waals surface area contributed by atoms with Gasteiger partial charge in [-0.1, -0.05) is 13.8 Å². The van der Waals surface area contributed by atoms with E-state index < -0.39 is 0 Å². The average Bonchev–Trinajstić information content (AvgIpc) is 2.54. The molecule has 4 saturated carbocycles. The molecule has 0 spiro atoms. The van der Waals surface area contributed by atoms with Crippen LogP contribution in [0.4, 0.5) is 0 Å². The fourth-order valence-electron chi connectivity index (χ4n) is 4.89. The van der Waals surface area contributed by atoms with E-state index >= 15 is 0 Å². The van der Waals surface area contributed by atoms with Gasteiger partial charge in [0.15, 0.2) is 0 Å². The van der Waals surface area contributed by atoms with Gasteiger partial charge in [0.2, 0.25) is 5.91 Å². The van der Waals surface area contributed by atoms with Crippen LogP contribution in [-0.4, -0.2) is 5.91 Å². The lowest BCUT2D eigenvalue weighted by atomic mass is 9.71. The molecule has 0 aromatic rings. The van der Waals surface area contributed by atoms with Gasteiger partial charge in [-0.05, 0) is 47.8 Å². The maximum absolute atomic E-state index is 10.9. The van der Waals surface area contributed by atoms with E-state index in [0.29, 0.717) is 17.3 Å². The van der Waals surface area contributed by atoms with Crippen molar-refractivity contribution in [3.63, 3.8) is 0 Å². The third-order valence-electron chi connectivity index (χ3n) is 6.02. The van der Waals surface area contributed by atoms with Crippen LogP contribution in [0, 0.1) is 28.6 Å². The Bertz CT molecular complexity index is 299. The van der Waals surface area contributed by atoms with E-state index in [2.05, 4.69) is 13.8 Å². The molecule has 14 heavy (non-hydrogen) atoms. The van der Waals surface area contributed by atoms with Crippen LogP contribution in [-0.2, 0) is 4.79 Å². The van der Waals surface area contributed by atoms with Gasteiger partial charge in [-0.2, -0.15) is 0 Å². The second kappa shape index (κ2) is 2.17. The molecule has 0 heterocycles. The Labute approximate surface area is 85.2 Å². The van der Waals surface area contributed by atoms with Crippen LogP contribution in [0.25, 0.3) is 0 Å². The first-order chi connectivity index (χ1) is 6.50. The van der Waals surface area contributed by atoms with Gasteiger partial charge in [-0.25, -0.2) is 0 Å². The third kappa shape index (κ3) is 0.697. The maximum atomic E-state index is 10.9. The lowest BCUT2D eigenvalue weighted by Crippen LogP contribution is -2.29. The first-order valence-corrected chi connectivity index (χ1v) is 5.78. The van der Waals surface area contributed by atoms with Gasteiger partial charge >= 0.3 is 0 Å². The Balaban J connectivity index is 1.81. The van der Waals surface area contributed by atoms with Crippen molar-refractivity contribution in [1.29, 1.82) is 0 Å². The molecule has 4 bridgehead atoms. The molecule has 0 radical (unpaired) electrons. The molecule has 78 valence electrons. The van der Waals surface area contributed by atoms with Crippen molar-refractivity contribution in [1.82, 2.24) is 0 Å². The molecule has 4 aliphatic carbocycles. The fourth-order valence-corrected chi connectivity index (χ4v) is 4.89. The summed E-state index contributed by atoms with van der Waals surface area (Å²) in [4.78, 5) is 10.9. The summed E-state index contributed by atoms with van der Waals surface area (Å²) < 4.78 is 0. The van der Waals surface area contributed by atoms with Gasteiger partial charge < -0.3 is 5.73 Å². The van der Waals surface area contributed by atoms with Crippen LogP contribution >= 0.6 is 0 Å². The van der Waals surface area contributed by atoms with Crippen LogP contribution in [0.5, 0.6) is 0 Å². The smallest absolute Gasteiger partial charge is 0.217 e. The maximum Gasteiger partial charge on any atom is 0.217 e. The molecule has 4 fully saturated rings. The van der Waals surface area contributed by atoms with Crippen molar-refractivity contribution in [2.24, 2.45) is 34.3 Å². The van der Waals surface area contributed by atoms with Gasteiger partial charge in [0.1, 0.15) is 0 Å². The van der Waals surface area contributed by atoms with E-state index in [4.69, 9.17) is 5.73 Å². The molecule has 4 rings (SSSR count). The van der Waals surface area contributed by atoms with Crippen molar-refractivity contribution in [2.75, 3.05) is 0 Å². The molecule has 0 aromatic carbocycles. The Kier molecular flexibility index (Phi) is 1.36. The second-order valence-corrected chi connectivity index (χ2v) is 6.05. The summed E-state index contributed by atoms with van der Waals surface area (Å²) in [5.74, 6) is 2.74. The molecule has 2 nitrogen and oxygen atoms in total. The van der Waals surface area contributed by atoms with Crippen molar-refractivity contribution >= 4 is 5.91 Å². The third-order valence-corrected chi connectivity index (χ3v) is 6.02. The number of rotatable bonds is 3. The van der Waals surface area contributed by atoms with E-state index in [9.17, 15) is 4.79 Å². The minimum Gasteiger partial charge on any atom is -0.370 e. The lowest BCUT2D eigenvalue weighted by Gasteiger charge is -2.33. The predicted molar refractivity (Wildman–Crippen MR) is 54.3 cm³/mol. The SMILES string of the molecule is CC1(CCC(N)=O)C2CC3C(C2)C31C. The minimum atomic E-state index is -0.129. The van der Waals surface area contributed by atoms with Gasteiger partial charge in [0.05, 0.1) is 0 Å². The Morgan fingerprint density at radius 2 is 1.93 bits per heavy atom. The first-order valence-electron chi connectivity index (χ1n) is 5.78. The first kappa shape index (κ1) is 8.75. The molecule has 0 aliphatic heterocycles. The zero-order chi connectivity index (χ0) is 10.1. The van der Waals surface area contributed by atoms with E-state index in [1.54, 1.807) is 0 Å². The molecule has 2 heteroatoms. The number of nitrogens with two attached hydrogens (primary N) is 1. The monoisotopic (exact) mass is 193 g/mol. The number of hydrogen-bond acceptors (Lipinski definition) is 1. The second-order valence-electron chi connectivity index (χ2n) is 6.05. The largest absolute Gasteiger partial charge is 0.370 e.